The minimum absolute atomic E-state index is 0.0403. The zero-order valence-electron chi connectivity index (χ0n) is 11.4. The molecule has 1 aliphatic rings. The number of nitrogens with zero attached hydrogens (tertiary/aromatic N) is 4. The highest BCUT2D eigenvalue weighted by atomic mass is 16.3. The number of carbonyl (C=O) groups excluding carboxylic acids is 1. The van der Waals surface area contributed by atoms with Gasteiger partial charge in [0.25, 0.3) is 0 Å². The van der Waals surface area contributed by atoms with Crippen molar-refractivity contribution in [1.29, 1.82) is 0 Å². The van der Waals surface area contributed by atoms with Gasteiger partial charge in [-0.3, -0.25) is 4.79 Å². The molecule has 0 unspecified atom stereocenters. The number of piperidine rings is 1. The molecule has 1 atom stereocenters. The Kier molecular flexibility index (Phi) is 3.99. The van der Waals surface area contributed by atoms with Crippen molar-refractivity contribution in [3.05, 3.63) is 18.5 Å². The maximum Gasteiger partial charge on any atom is 0.225 e. The summed E-state index contributed by atoms with van der Waals surface area (Å²) in [5.41, 5.74) is -0.891. The molecule has 104 valence electrons. The minimum Gasteiger partial charge on any atom is -0.386 e. The van der Waals surface area contributed by atoms with E-state index in [2.05, 4.69) is 9.97 Å². The van der Waals surface area contributed by atoms with Gasteiger partial charge < -0.3 is 14.9 Å². The number of rotatable bonds is 3. The van der Waals surface area contributed by atoms with Crippen LogP contribution in [0, 0.1) is 0 Å². The Morgan fingerprint density at radius 3 is 2.84 bits per heavy atom. The number of carbonyl (C=O) groups is 1. The number of hydrogen-bond donors (Lipinski definition) is 1. The molecule has 1 aromatic heterocycles. The molecule has 1 fully saturated rings. The summed E-state index contributed by atoms with van der Waals surface area (Å²) in [4.78, 5) is 23.2. The summed E-state index contributed by atoms with van der Waals surface area (Å²) in [5, 5.41) is 10.6. The fraction of sp³-hybridized carbons (Fsp3) is 0.615. The monoisotopic (exact) mass is 264 g/mol. The van der Waals surface area contributed by atoms with Crippen molar-refractivity contribution < 1.29 is 9.90 Å². The molecule has 0 aromatic carbocycles. The standard InChI is InChI=1S/C13H20N4O2/c1-11(18)16(2)9-13(19)5-3-8-17(10-13)12-14-6-4-7-15-12/h4,6-7,19H,3,5,8-10H2,1-2H3/t13-/m0/s1. The van der Waals surface area contributed by atoms with Crippen LogP contribution in [0.5, 0.6) is 0 Å². The van der Waals surface area contributed by atoms with Crippen LogP contribution in [0.25, 0.3) is 0 Å². The first-order valence-electron chi connectivity index (χ1n) is 6.46. The summed E-state index contributed by atoms with van der Waals surface area (Å²) in [6, 6.07) is 1.77. The number of β-amino-alcohol motifs (C(OH)–C–C–N with tert-alkyl or cyclic N) is 1. The van der Waals surface area contributed by atoms with E-state index in [-0.39, 0.29) is 5.91 Å². The van der Waals surface area contributed by atoms with E-state index < -0.39 is 5.60 Å². The summed E-state index contributed by atoms with van der Waals surface area (Å²) >= 11 is 0. The third kappa shape index (κ3) is 3.41. The number of likely N-dealkylation sites (N-methyl/N-ethyl adjacent to an activating group) is 1. The molecule has 1 aromatic rings. The van der Waals surface area contributed by atoms with E-state index in [1.54, 1.807) is 30.4 Å². The van der Waals surface area contributed by atoms with Crippen LogP contribution >= 0.6 is 0 Å². The van der Waals surface area contributed by atoms with Crippen LogP contribution in [0.3, 0.4) is 0 Å². The molecule has 1 N–H and O–H groups in total. The molecule has 19 heavy (non-hydrogen) atoms. The Labute approximate surface area is 113 Å². The summed E-state index contributed by atoms with van der Waals surface area (Å²) in [5.74, 6) is 0.590. The van der Waals surface area contributed by atoms with E-state index in [0.29, 0.717) is 25.5 Å². The van der Waals surface area contributed by atoms with Gasteiger partial charge in [-0.2, -0.15) is 0 Å². The van der Waals surface area contributed by atoms with Gasteiger partial charge in [0.15, 0.2) is 0 Å². The minimum atomic E-state index is -0.891. The Morgan fingerprint density at radius 2 is 2.21 bits per heavy atom. The lowest BCUT2D eigenvalue weighted by Crippen LogP contribution is -2.54. The zero-order chi connectivity index (χ0) is 13.9. The van der Waals surface area contributed by atoms with E-state index in [0.717, 1.165) is 13.0 Å². The van der Waals surface area contributed by atoms with E-state index >= 15 is 0 Å². The molecular weight excluding hydrogens is 244 g/mol. The highest BCUT2D eigenvalue weighted by molar-refractivity contribution is 5.72. The van der Waals surface area contributed by atoms with E-state index in [1.165, 1.54) is 6.92 Å². The van der Waals surface area contributed by atoms with Gasteiger partial charge in [-0.25, -0.2) is 9.97 Å². The largest absolute Gasteiger partial charge is 0.386 e. The Hall–Kier alpha value is -1.69. The molecular formula is C13H20N4O2. The summed E-state index contributed by atoms with van der Waals surface area (Å²) in [7, 11) is 1.71. The third-order valence-electron chi connectivity index (χ3n) is 3.46. The molecule has 1 aliphatic heterocycles. The Bertz CT molecular complexity index is 440. The lowest BCUT2D eigenvalue weighted by Gasteiger charge is -2.40. The number of hydrogen-bond acceptors (Lipinski definition) is 5. The van der Waals surface area contributed by atoms with Crippen LogP contribution in [0.1, 0.15) is 19.8 Å². The quantitative estimate of drug-likeness (QED) is 0.849. The lowest BCUT2D eigenvalue weighted by molar-refractivity contribution is -0.131. The normalized spacial score (nSPS) is 23.2. The first kappa shape index (κ1) is 13.7. The number of aromatic nitrogens is 2. The van der Waals surface area contributed by atoms with E-state index in [4.69, 9.17) is 0 Å². The van der Waals surface area contributed by atoms with Crippen molar-refractivity contribution in [1.82, 2.24) is 14.9 Å². The average Bonchev–Trinajstić information content (AvgIpc) is 2.39. The molecule has 1 amide bonds. The first-order chi connectivity index (χ1) is 9.00. The molecule has 1 saturated heterocycles. The van der Waals surface area contributed by atoms with Crippen LogP contribution < -0.4 is 4.90 Å². The van der Waals surface area contributed by atoms with Gasteiger partial charge in [0.2, 0.25) is 11.9 Å². The van der Waals surface area contributed by atoms with Gasteiger partial charge in [-0.15, -0.1) is 0 Å². The molecule has 6 nitrogen and oxygen atoms in total. The maximum atomic E-state index is 11.3. The fourth-order valence-electron chi connectivity index (χ4n) is 2.42. The second-order valence-electron chi connectivity index (χ2n) is 5.17. The van der Waals surface area contributed by atoms with Gasteiger partial charge in [-0.1, -0.05) is 0 Å². The average molecular weight is 264 g/mol. The van der Waals surface area contributed by atoms with E-state index in [9.17, 15) is 9.90 Å². The molecule has 6 heteroatoms. The number of aliphatic hydroxyl groups is 1. The van der Waals surface area contributed by atoms with Crippen molar-refractivity contribution in [2.45, 2.75) is 25.4 Å². The Morgan fingerprint density at radius 1 is 1.53 bits per heavy atom. The second kappa shape index (κ2) is 5.52. The molecule has 0 spiro atoms. The van der Waals surface area contributed by atoms with Gasteiger partial charge in [0, 0.05) is 32.9 Å². The smallest absolute Gasteiger partial charge is 0.225 e. The third-order valence-corrected chi connectivity index (χ3v) is 3.46. The van der Waals surface area contributed by atoms with Crippen molar-refractivity contribution in [2.75, 3.05) is 31.6 Å². The summed E-state index contributed by atoms with van der Waals surface area (Å²) < 4.78 is 0. The van der Waals surface area contributed by atoms with Crippen molar-refractivity contribution >= 4 is 11.9 Å². The summed E-state index contributed by atoms with van der Waals surface area (Å²) in [6.07, 6.45) is 4.93. The van der Waals surface area contributed by atoms with Crippen molar-refractivity contribution in [3.8, 4) is 0 Å². The SMILES string of the molecule is CC(=O)N(C)C[C@@]1(O)CCCN(c2ncccn2)C1. The maximum absolute atomic E-state index is 11.3. The molecule has 0 bridgehead atoms. The summed E-state index contributed by atoms with van der Waals surface area (Å²) in [6.45, 7) is 3.13. The van der Waals surface area contributed by atoms with E-state index in [1.807, 2.05) is 4.90 Å². The van der Waals surface area contributed by atoms with Gasteiger partial charge in [0.05, 0.1) is 18.7 Å². The van der Waals surface area contributed by atoms with Crippen LogP contribution in [0.4, 0.5) is 5.95 Å². The van der Waals surface area contributed by atoms with Crippen LogP contribution in [0.15, 0.2) is 18.5 Å². The predicted molar refractivity (Wildman–Crippen MR) is 71.7 cm³/mol. The van der Waals surface area contributed by atoms with Gasteiger partial charge in [0.1, 0.15) is 0 Å². The molecule has 0 aliphatic carbocycles. The predicted octanol–water partition coefficient (Wildman–Crippen LogP) is 0.286. The highest BCUT2D eigenvalue weighted by Gasteiger charge is 2.35. The zero-order valence-corrected chi connectivity index (χ0v) is 11.4. The molecule has 2 rings (SSSR count). The fourth-order valence-corrected chi connectivity index (χ4v) is 2.42. The van der Waals surface area contributed by atoms with Crippen LogP contribution in [-0.4, -0.2) is 58.2 Å². The van der Waals surface area contributed by atoms with Gasteiger partial charge >= 0.3 is 0 Å². The molecule has 2 heterocycles. The number of amides is 1. The first-order valence-corrected chi connectivity index (χ1v) is 6.46. The molecule has 0 saturated carbocycles. The lowest BCUT2D eigenvalue weighted by atomic mass is 9.92. The topological polar surface area (TPSA) is 69.6 Å². The Balaban J connectivity index is 2.06. The highest BCUT2D eigenvalue weighted by Crippen LogP contribution is 2.24. The molecule has 0 radical (unpaired) electrons. The van der Waals surface area contributed by atoms with Crippen LogP contribution in [-0.2, 0) is 4.79 Å². The second-order valence-corrected chi connectivity index (χ2v) is 5.17. The van der Waals surface area contributed by atoms with Crippen molar-refractivity contribution in [3.63, 3.8) is 0 Å². The number of anilines is 1. The van der Waals surface area contributed by atoms with Crippen LogP contribution in [0.2, 0.25) is 0 Å². The van der Waals surface area contributed by atoms with Gasteiger partial charge in [-0.05, 0) is 18.9 Å². The van der Waals surface area contributed by atoms with Crippen molar-refractivity contribution in [2.24, 2.45) is 0 Å².